The van der Waals surface area contributed by atoms with Crippen molar-refractivity contribution in [2.75, 3.05) is 6.61 Å². The molecular formula is C11H18N2OS. The number of thiazole rings is 1. The SMILES string of the molecule is NC(CO)c1nc(C2CCCCC2)cs1. The molecule has 0 spiro atoms. The second-order valence-corrected chi connectivity index (χ2v) is 5.12. The Bertz CT molecular complexity index is 307. The maximum Gasteiger partial charge on any atom is 0.112 e. The monoisotopic (exact) mass is 226 g/mol. The van der Waals surface area contributed by atoms with Crippen LogP contribution in [0, 0.1) is 0 Å². The van der Waals surface area contributed by atoms with Gasteiger partial charge in [-0.15, -0.1) is 11.3 Å². The molecule has 0 radical (unpaired) electrons. The molecule has 15 heavy (non-hydrogen) atoms. The van der Waals surface area contributed by atoms with E-state index in [1.165, 1.54) is 37.8 Å². The Labute approximate surface area is 94.3 Å². The fraction of sp³-hybridized carbons (Fsp3) is 0.727. The van der Waals surface area contributed by atoms with Gasteiger partial charge in [-0.05, 0) is 12.8 Å². The minimum Gasteiger partial charge on any atom is -0.394 e. The molecule has 0 saturated heterocycles. The van der Waals surface area contributed by atoms with E-state index < -0.39 is 0 Å². The predicted octanol–water partition coefficient (Wildman–Crippen LogP) is 2.18. The summed E-state index contributed by atoms with van der Waals surface area (Å²) in [6, 6.07) is -0.299. The van der Waals surface area contributed by atoms with Gasteiger partial charge in [-0.2, -0.15) is 0 Å². The van der Waals surface area contributed by atoms with Crippen LogP contribution in [0.2, 0.25) is 0 Å². The highest BCUT2D eigenvalue weighted by atomic mass is 32.1. The van der Waals surface area contributed by atoms with Crippen LogP contribution < -0.4 is 5.73 Å². The van der Waals surface area contributed by atoms with Crippen molar-refractivity contribution in [3.8, 4) is 0 Å². The highest BCUT2D eigenvalue weighted by Gasteiger charge is 2.19. The average Bonchev–Trinajstić information content (AvgIpc) is 2.78. The number of nitrogens with two attached hydrogens (primary N) is 1. The molecule has 1 aromatic rings. The topological polar surface area (TPSA) is 59.1 Å². The highest BCUT2D eigenvalue weighted by molar-refractivity contribution is 7.09. The molecule has 1 aliphatic rings. The number of rotatable bonds is 3. The molecule has 1 atom stereocenters. The fourth-order valence-electron chi connectivity index (χ4n) is 2.13. The number of aliphatic hydroxyl groups is 1. The lowest BCUT2D eigenvalue weighted by Crippen LogP contribution is -2.14. The van der Waals surface area contributed by atoms with Gasteiger partial charge in [0, 0.05) is 11.3 Å². The van der Waals surface area contributed by atoms with Gasteiger partial charge in [0.15, 0.2) is 0 Å². The molecule has 1 aromatic heterocycles. The first kappa shape index (κ1) is 11.0. The van der Waals surface area contributed by atoms with Crippen LogP contribution in [-0.2, 0) is 0 Å². The van der Waals surface area contributed by atoms with Gasteiger partial charge in [-0.1, -0.05) is 19.3 Å². The maximum absolute atomic E-state index is 8.95. The van der Waals surface area contributed by atoms with Gasteiger partial charge in [0.25, 0.3) is 0 Å². The van der Waals surface area contributed by atoms with Crippen molar-refractivity contribution in [3.05, 3.63) is 16.1 Å². The molecule has 1 saturated carbocycles. The van der Waals surface area contributed by atoms with Crippen LogP contribution in [-0.4, -0.2) is 16.7 Å². The number of nitrogens with zero attached hydrogens (tertiary/aromatic N) is 1. The smallest absolute Gasteiger partial charge is 0.112 e. The predicted molar refractivity (Wildman–Crippen MR) is 62.0 cm³/mol. The summed E-state index contributed by atoms with van der Waals surface area (Å²) < 4.78 is 0. The molecule has 84 valence electrons. The molecule has 3 nitrogen and oxygen atoms in total. The van der Waals surface area contributed by atoms with Crippen LogP contribution in [0.15, 0.2) is 5.38 Å². The van der Waals surface area contributed by atoms with Crippen molar-refractivity contribution >= 4 is 11.3 Å². The number of aromatic nitrogens is 1. The van der Waals surface area contributed by atoms with Gasteiger partial charge in [0.2, 0.25) is 0 Å². The normalized spacial score (nSPS) is 20.4. The Hall–Kier alpha value is -0.450. The molecule has 0 bridgehead atoms. The fourth-order valence-corrected chi connectivity index (χ4v) is 3.03. The van der Waals surface area contributed by atoms with E-state index in [0.717, 1.165) is 5.01 Å². The largest absolute Gasteiger partial charge is 0.394 e. The molecule has 0 aromatic carbocycles. The minimum absolute atomic E-state index is 0.0163. The second kappa shape index (κ2) is 5.05. The third kappa shape index (κ3) is 2.56. The second-order valence-electron chi connectivity index (χ2n) is 4.23. The van der Waals surface area contributed by atoms with Crippen molar-refractivity contribution in [2.45, 2.75) is 44.1 Å². The van der Waals surface area contributed by atoms with Gasteiger partial charge >= 0.3 is 0 Å². The summed E-state index contributed by atoms with van der Waals surface area (Å²) in [5, 5.41) is 11.9. The first-order chi connectivity index (χ1) is 7.31. The first-order valence-electron chi connectivity index (χ1n) is 5.63. The molecule has 0 amide bonds. The third-order valence-electron chi connectivity index (χ3n) is 3.08. The standard InChI is InChI=1S/C11H18N2OS/c12-9(6-14)11-13-10(7-15-11)8-4-2-1-3-5-8/h7-9,14H,1-6,12H2. The number of hydrogen-bond donors (Lipinski definition) is 2. The van der Waals surface area contributed by atoms with E-state index in [4.69, 9.17) is 10.8 Å². The summed E-state index contributed by atoms with van der Waals surface area (Å²) in [6.45, 7) is -0.0163. The average molecular weight is 226 g/mol. The molecule has 1 heterocycles. The quantitative estimate of drug-likeness (QED) is 0.830. The Morgan fingerprint density at radius 3 is 2.87 bits per heavy atom. The number of hydrogen-bond acceptors (Lipinski definition) is 4. The van der Waals surface area contributed by atoms with E-state index in [0.29, 0.717) is 5.92 Å². The van der Waals surface area contributed by atoms with Gasteiger partial charge in [-0.25, -0.2) is 4.98 Å². The zero-order chi connectivity index (χ0) is 10.7. The van der Waals surface area contributed by atoms with Crippen LogP contribution in [0.1, 0.15) is 54.8 Å². The zero-order valence-corrected chi connectivity index (χ0v) is 9.67. The molecule has 1 aliphatic carbocycles. The summed E-state index contributed by atoms with van der Waals surface area (Å²) in [5.41, 5.74) is 6.93. The summed E-state index contributed by atoms with van der Waals surface area (Å²) in [5.74, 6) is 0.634. The lowest BCUT2D eigenvalue weighted by molar-refractivity contribution is 0.267. The Kier molecular flexibility index (Phi) is 3.72. The van der Waals surface area contributed by atoms with Crippen molar-refractivity contribution < 1.29 is 5.11 Å². The molecule has 3 N–H and O–H groups in total. The van der Waals surface area contributed by atoms with Crippen molar-refractivity contribution in [1.82, 2.24) is 4.98 Å². The summed E-state index contributed by atoms with van der Waals surface area (Å²) in [6.07, 6.45) is 6.53. The Morgan fingerprint density at radius 2 is 2.20 bits per heavy atom. The zero-order valence-electron chi connectivity index (χ0n) is 8.85. The molecule has 1 fully saturated rings. The maximum atomic E-state index is 8.95. The van der Waals surface area contributed by atoms with Crippen LogP contribution in [0.3, 0.4) is 0 Å². The van der Waals surface area contributed by atoms with Crippen LogP contribution in [0.4, 0.5) is 0 Å². The van der Waals surface area contributed by atoms with Gasteiger partial charge in [-0.3, -0.25) is 0 Å². The first-order valence-corrected chi connectivity index (χ1v) is 6.51. The van der Waals surface area contributed by atoms with Gasteiger partial charge < -0.3 is 10.8 Å². The van der Waals surface area contributed by atoms with Crippen molar-refractivity contribution in [1.29, 1.82) is 0 Å². The molecule has 0 aliphatic heterocycles. The van der Waals surface area contributed by atoms with Crippen molar-refractivity contribution in [3.63, 3.8) is 0 Å². The van der Waals surface area contributed by atoms with E-state index in [-0.39, 0.29) is 12.6 Å². The Balaban J connectivity index is 2.05. The molecule has 1 unspecified atom stereocenters. The van der Waals surface area contributed by atoms with Crippen molar-refractivity contribution in [2.24, 2.45) is 5.73 Å². The molecule has 2 rings (SSSR count). The number of aliphatic hydroxyl groups excluding tert-OH is 1. The minimum atomic E-state index is -0.299. The van der Waals surface area contributed by atoms with Gasteiger partial charge in [0.05, 0.1) is 18.3 Å². The lowest BCUT2D eigenvalue weighted by Gasteiger charge is -2.19. The van der Waals surface area contributed by atoms with E-state index in [9.17, 15) is 0 Å². The Morgan fingerprint density at radius 1 is 1.47 bits per heavy atom. The van der Waals surface area contributed by atoms with E-state index in [1.54, 1.807) is 11.3 Å². The van der Waals surface area contributed by atoms with E-state index >= 15 is 0 Å². The van der Waals surface area contributed by atoms with Crippen LogP contribution >= 0.6 is 11.3 Å². The summed E-state index contributed by atoms with van der Waals surface area (Å²) >= 11 is 1.58. The molecular weight excluding hydrogens is 208 g/mol. The van der Waals surface area contributed by atoms with Crippen LogP contribution in [0.25, 0.3) is 0 Å². The summed E-state index contributed by atoms with van der Waals surface area (Å²) in [7, 11) is 0. The lowest BCUT2D eigenvalue weighted by atomic mass is 9.87. The summed E-state index contributed by atoms with van der Waals surface area (Å²) in [4.78, 5) is 4.54. The highest BCUT2D eigenvalue weighted by Crippen LogP contribution is 2.33. The van der Waals surface area contributed by atoms with Gasteiger partial charge in [0.1, 0.15) is 5.01 Å². The molecule has 4 heteroatoms. The third-order valence-corrected chi connectivity index (χ3v) is 4.07. The van der Waals surface area contributed by atoms with E-state index in [2.05, 4.69) is 10.4 Å². The van der Waals surface area contributed by atoms with E-state index in [1.807, 2.05) is 0 Å². The van der Waals surface area contributed by atoms with Crippen LogP contribution in [0.5, 0.6) is 0 Å².